The van der Waals surface area contributed by atoms with Gasteiger partial charge in [-0.1, -0.05) is 110 Å². The number of rotatable bonds is 8. The molecule has 218 valence electrons. The molecule has 0 spiro atoms. The number of unbranched alkanes of at least 4 members (excludes halogenated alkanes) is 3. The highest BCUT2D eigenvalue weighted by atomic mass is 15.1. The van der Waals surface area contributed by atoms with E-state index in [1.165, 1.54) is 84.2 Å². The van der Waals surface area contributed by atoms with Crippen molar-refractivity contribution < 1.29 is 4.57 Å². The Kier molecular flexibility index (Phi) is 6.09. The maximum absolute atomic E-state index is 5.56. The number of benzene rings is 7. The van der Waals surface area contributed by atoms with Crippen LogP contribution in [0.3, 0.4) is 0 Å². The van der Waals surface area contributed by atoms with Crippen molar-refractivity contribution in [3.8, 4) is 11.4 Å². The zero-order valence-corrected chi connectivity index (χ0v) is 25.6. The van der Waals surface area contributed by atoms with Crippen LogP contribution in [-0.4, -0.2) is 14.1 Å². The van der Waals surface area contributed by atoms with Crippen LogP contribution in [0.1, 0.15) is 25.7 Å². The molecule has 0 atom stereocenters. The predicted molar refractivity (Wildman–Crippen MR) is 188 cm³/mol. The summed E-state index contributed by atoms with van der Waals surface area (Å²) in [5.74, 6) is 1.07. The fourth-order valence-electron chi connectivity index (χ4n) is 7.67. The van der Waals surface area contributed by atoms with Gasteiger partial charge in [0, 0.05) is 22.9 Å². The third-order valence-corrected chi connectivity index (χ3v) is 9.76. The van der Waals surface area contributed by atoms with Gasteiger partial charge in [0.1, 0.15) is 18.2 Å². The van der Waals surface area contributed by atoms with E-state index in [0.29, 0.717) is 0 Å². The second-order valence-electron chi connectivity index (χ2n) is 12.6. The highest BCUT2D eigenvalue weighted by Gasteiger charge is 2.21. The molecule has 4 heteroatoms. The fraction of sp³-hybridized carbons (Fsp3) is 0.171. The predicted octanol–water partition coefficient (Wildman–Crippen LogP) is 9.79. The fourth-order valence-corrected chi connectivity index (χ4v) is 7.67. The Labute approximate surface area is 262 Å². The zero-order chi connectivity index (χ0) is 29.9. The molecule has 9 rings (SSSR count). The second-order valence-corrected chi connectivity index (χ2v) is 12.6. The summed E-state index contributed by atoms with van der Waals surface area (Å²) in [6.07, 6.45) is 11.1. The molecule has 0 amide bonds. The maximum atomic E-state index is 5.56. The number of hydrogen-bond acceptors (Lipinski definition) is 1. The smallest absolute Gasteiger partial charge is 0.243 e. The van der Waals surface area contributed by atoms with Crippen molar-refractivity contribution in [2.45, 2.75) is 38.8 Å². The summed E-state index contributed by atoms with van der Waals surface area (Å²) in [7, 11) is 2.08. The lowest BCUT2D eigenvalue weighted by Crippen LogP contribution is -2.23. The first-order valence-corrected chi connectivity index (χ1v) is 16.2. The summed E-state index contributed by atoms with van der Waals surface area (Å²) in [5.41, 5.74) is 3.57. The lowest BCUT2D eigenvalue weighted by Gasteiger charge is -2.16. The average Bonchev–Trinajstić information content (AvgIpc) is 3.68. The van der Waals surface area contributed by atoms with Gasteiger partial charge in [-0.3, -0.25) is 0 Å². The Morgan fingerprint density at radius 1 is 0.578 bits per heavy atom. The number of aromatic nitrogens is 4. The van der Waals surface area contributed by atoms with Gasteiger partial charge in [0.15, 0.2) is 0 Å². The van der Waals surface area contributed by atoms with Gasteiger partial charge < -0.3 is 4.57 Å². The first-order chi connectivity index (χ1) is 22.2. The molecule has 7 aromatic carbocycles. The van der Waals surface area contributed by atoms with Gasteiger partial charge in [-0.15, -0.1) is 0 Å². The van der Waals surface area contributed by atoms with Gasteiger partial charge in [0.2, 0.25) is 6.33 Å². The molecule has 2 aromatic heterocycles. The minimum Gasteiger partial charge on any atom is -0.323 e. The molecular formula is C41H35N4+. The Bertz CT molecular complexity index is 2500. The molecule has 0 saturated heterocycles. The summed E-state index contributed by atoms with van der Waals surface area (Å²) in [6.45, 7) is 2.01. The van der Waals surface area contributed by atoms with E-state index in [4.69, 9.17) is 4.98 Å². The molecule has 0 fully saturated rings. The largest absolute Gasteiger partial charge is 0.323 e. The summed E-state index contributed by atoms with van der Waals surface area (Å²) in [6, 6.07) is 38.0. The first-order valence-electron chi connectivity index (χ1n) is 16.2. The monoisotopic (exact) mass is 583 g/mol. The normalized spacial score (nSPS) is 12.2. The minimum atomic E-state index is 0.939. The lowest BCUT2D eigenvalue weighted by atomic mass is 9.92. The van der Waals surface area contributed by atoms with Crippen molar-refractivity contribution in [2.75, 3.05) is 0 Å². The molecule has 0 aliphatic carbocycles. The van der Waals surface area contributed by atoms with Crippen LogP contribution in [0.15, 0.2) is 122 Å². The number of nitrogens with zero attached hydrogens (tertiary/aromatic N) is 4. The molecule has 0 N–H and O–H groups in total. The maximum Gasteiger partial charge on any atom is 0.243 e. The van der Waals surface area contributed by atoms with Crippen molar-refractivity contribution in [1.29, 1.82) is 0 Å². The Hall–Kier alpha value is -5.22. The number of aryl methyl sites for hydroxylation is 3. The summed E-state index contributed by atoms with van der Waals surface area (Å²) in [4.78, 5) is 5.56. The van der Waals surface area contributed by atoms with E-state index in [0.717, 1.165) is 30.9 Å². The van der Waals surface area contributed by atoms with Crippen LogP contribution in [0.2, 0.25) is 0 Å². The molecule has 0 saturated carbocycles. The van der Waals surface area contributed by atoms with Gasteiger partial charge in [0.05, 0.1) is 24.6 Å². The summed E-state index contributed by atoms with van der Waals surface area (Å²) >= 11 is 0. The highest BCUT2D eigenvalue weighted by Crippen LogP contribution is 2.42. The quantitative estimate of drug-likeness (QED) is 0.0993. The molecule has 0 bridgehead atoms. The molecule has 2 heterocycles. The van der Waals surface area contributed by atoms with Crippen molar-refractivity contribution in [1.82, 2.24) is 14.1 Å². The van der Waals surface area contributed by atoms with E-state index in [1.54, 1.807) is 0 Å². The van der Waals surface area contributed by atoms with E-state index in [1.807, 2.05) is 0 Å². The first kappa shape index (κ1) is 26.2. The van der Waals surface area contributed by atoms with Crippen LogP contribution in [0, 0.1) is 0 Å². The second kappa shape index (κ2) is 10.4. The zero-order valence-electron chi connectivity index (χ0n) is 25.6. The van der Waals surface area contributed by atoms with Crippen LogP contribution in [0.5, 0.6) is 0 Å². The molecule has 4 nitrogen and oxygen atoms in total. The van der Waals surface area contributed by atoms with E-state index >= 15 is 0 Å². The minimum absolute atomic E-state index is 0.939. The van der Waals surface area contributed by atoms with Gasteiger partial charge in [-0.05, 0) is 62.4 Å². The van der Waals surface area contributed by atoms with Crippen LogP contribution in [0.25, 0.3) is 76.3 Å². The van der Waals surface area contributed by atoms with Crippen molar-refractivity contribution in [3.05, 3.63) is 122 Å². The van der Waals surface area contributed by atoms with Gasteiger partial charge in [-0.25, -0.2) is 14.1 Å². The summed E-state index contributed by atoms with van der Waals surface area (Å²) < 4.78 is 6.94. The third-order valence-electron chi connectivity index (χ3n) is 9.76. The SMILES string of the molecule is C[n+]1ccn(CCCCCCn2c(-c3ccc4ccc5cccc6ccc3c4c56)nc3c4ccccc4c4ccccc4c32)c1. The molecular weight excluding hydrogens is 548 g/mol. The van der Waals surface area contributed by atoms with E-state index in [2.05, 4.69) is 143 Å². The van der Waals surface area contributed by atoms with Crippen molar-refractivity contribution in [2.24, 2.45) is 7.05 Å². The Morgan fingerprint density at radius 2 is 1.22 bits per heavy atom. The van der Waals surface area contributed by atoms with Crippen LogP contribution < -0.4 is 4.57 Å². The third kappa shape index (κ3) is 4.20. The molecule has 45 heavy (non-hydrogen) atoms. The topological polar surface area (TPSA) is 26.6 Å². The molecule has 0 aliphatic heterocycles. The van der Waals surface area contributed by atoms with Crippen molar-refractivity contribution >= 4 is 64.9 Å². The van der Waals surface area contributed by atoms with E-state index < -0.39 is 0 Å². The number of fused-ring (bicyclic) bond motifs is 6. The van der Waals surface area contributed by atoms with E-state index in [-0.39, 0.29) is 0 Å². The average molecular weight is 584 g/mol. The molecule has 9 aromatic rings. The standard InChI is InChI=1S/C41H35N4/c1-43-25-26-44(27-43)23-8-2-3-9-24-45-40-35-16-7-5-14-32(35)31-13-4-6-15-34(31)39(40)42-41(45)36-22-20-30-18-17-28-11-10-12-29-19-21-33(36)38(30)37(28)29/h4-7,10-22,25-27H,2-3,8-9,23-24H2,1H3/q+1. The van der Waals surface area contributed by atoms with Crippen LogP contribution >= 0.6 is 0 Å². The van der Waals surface area contributed by atoms with Crippen LogP contribution in [-0.2, 0) is 20.1 Å². The van der Waals surface area contributed by atoms with E-state index in [9.17, 15) is 0 Å². The Morgan fingerprint density at radius 3 is 1.98 bits per heavy atom. The Balaban J connectivity index is 1.21. The molecule has 0 aliphatic rings. The van der Waals surface area contributed by atoms with Gasteiger partial charge in [-0.2, -0.15) is 0 Å². The highest BCUT2D eigenvalue weighted by molar-refractivity contribution is 6.27. The van der Waals surface area contributed by atoms with Crippen molar-refractivity contribution in [3.63, 3.8) is 0 Å². The van der Waals surface area contributed by atoms with Gasteiger partial charge >= 0.3 is 0 Å². The number of hydrogen-bond donors (Lipinski definition) is 0. The molecule has 0 radical (unpaired) electrons. The van der Waals surface area contributed by atoms with Crippen LogP contribution in [0.4, 0.5) is 0 Å². The van der Waals surface area contributed by atoms with Gasteiger partial charge in [0.25, 0.3) is 0 Å². The summed E-state index contributed by atoms with van der Waals surface area (Å²) in [5, 5.41) is 12.9. The lowest BCUT2D eigenvalue weighted by molar-refractivity contribution is -0.671. The number of imidazole rings is 2. The molecule has 0 unspecified atom stereocenters.